The van der Waals surface area contributed by atoms with Crippen molar-refractivity contribution < 1.29 is 4.39 Å². The zero-order valence-corrected chi connectivity index (χ0v) is 12.0. The van der Waals surface area contributed by atoms with Gasteiger partial charge in [0.1, 0.15) is 5.82 Å². The van der Waals surface area contributed by atoms with Gasteiger partial charge in [-0.25, -0.2) is 4.39 Å². The standard InChI is InChI=1S/C14H18BrFN2/c15-13-5-4-11(9-14(13)16)18-8-7-17-6-2-1-3-12(17)10-18/h4-5,9,12H,1-3,6-8,10H2. The van der Waals surface area contributed by atoms with Crippen LogP contribution in [0.25, 0.3) is 0 Å². The van der Waals surface area contributed by atoms with Crippen molar-refractivity contribution >= 4 is 21.6 Å². The molecule has 0 aromatic heterocycles. The van der Waals surface area contributed by atoms with Crippen molar-refractivity contribution in [1.82, 2.24) is 4.90 Å². The topological polar surface area (TPSA) is 6.48 Å². The van der Waals surface area contributed by atoms with Gasteiger partial charge in [0.15, 0.2) is 0 Å². The number of halogens is 2. The Morgan fingerprint density at radius 3 is 2.89 bits per heavy atom. The van der Waals surface area contributed by atoms with Crippen molar-refractivity contribution in [2.24, 2.45) is 0 Å². The maximum Gasteiger partial charge on any atom is 0.139 e. The van der Waals surface area contributed by atoms with Gasteiger partial charge in [0.2, 0.25) is 0 Å². The minimum atomic E-state index is -0.168. The molecule has 4 heteroatoms. The van der Waals surface area contributed by atoms with Crippen LogP contribution in [0.3, 0.4) is 0 Å². The number of piperazine rings is 1. The fourth-order valence-corrected chi connectivity index (χ4v) is 3.32. The predicted octanol–water partition coefficient (Wildman–Crippen LogP) is 3.26. The van der Waals surface area contributed by atoms with Gasteiger partial charge in [0.05, 0.1) is 4.47 Å². The van der Waals surface area contributed by atoms with E-state index in [-0.39, 0.29) is 5.82 Å². The van der Waals surface area contributed by atoms with Crippen LogP contribution in [0.1, 0.15) is 19.3 Å². The summed E-state index contributed by atoms with van der Waals surface area (Å²) in [5, 5.41) is 0. The molecule has 2 saturated heterocycles. The summed E-state index contributed by atoms with van der Waals surface area (Å²) >= 11 is 3.21. The monoisotopic (exact) mass is 312 g/mol. The summed E-state index contributed by atoms with van der Waals surface area (Å²) in [6.45, 7) is 4.41. The number of piperidine rings is 1. The van der Waals surface area contributed by atoms with E-state index in [1.165, 1.54) is 25.8 Å². The molecule has 2 aliphatic rings. The lowest BCUT2D eigenvalue weighted by Gasteiger charge is -2.44. The Bertz CT molecular complexity index is 438. The molecule has 1 atom stereocenters. The Balaban J connectivity index is 1.75. The van der Waals surface area contributed by atoms with Gasteiger partial charge < -0.3 is 4.90 Å². The molecular formula is C14H18BrFN2. The lowest BCUT2D eigenvalue weighted by atomic mass is 9.99. The molecule has 0 radical (unpaired) electrons. The van der Waals surface area contributed by atoms with Crippen molar-refractivity contribution in [3.05, 3.63) is 28.5 Å². The molecule has 2 aliphatic heterocycles. The van der Waals surface area contributed by atoms with Crippen LogP contribution in [0.4, 0.5) is 10.1 Å². The third-order valence-electron chi connectivity index (χ3n) is 4.11. The summed E-state index contributed by atoms with van der Waals surface area (Å²) in [5.41, 5.74) is 1.01. The van der Waals surface area contributed by atoms with Gasteiger partial charge in [-0.3, -0.25) is 4.90 Å². The fourth-order valence-electron chi connectivity index (χ4n) is 3.07. The molecule has 1 aromatic carbocycles. The van der Waals surface area contributed by atoms with Gasteiger partial charge in [-0.2, -0.15) is 0 Å². The fraction of sp³-hybridized carbons (Fsp3) is 0.571. The molecule has 2 fully saturated rings. The van der Waals surface area contributed by atoms with E-state index < -0.39 is 0 Å². The quantitative estimate of drug-likeness (QED) is 0.785. The molecule has 98 valence electrons. The summed E-state index contributed by atoms with van der Waals surface area (Å²) in [6, 6.07) is 6.12. The summed E-state index contributed by atoms with van der Waals surface area (Å²) in [7, 11) is 0. The van der Waals surface area contributed by atoms with Crippen LogP contribution in [0.15, 0.2) is 22.7 Å². The Kier molecular flexibility index (Phi) is 3.57. The van der Waals surface area contributed by atoms with Crippen molar-refractivity contribution in [3.63, 3.8) is 0 Å². The summed E-state index contributed by atoms with van der Waals surface area (Å²) in [5.74, 6) is -0.168. The van der Waals surface area contributed by atoms with Crippen LogP contribution in [0.5, 0.6) is 0 Å². The Morgan fingerprint density at radius 2 is 2.06 bits per heavy atom. The molecule has 3 rings (SSSR count). The first-order chi connectivity index (χ1) is 8.74. The number of hydrogen-bond acceptors (Lipinski definition) is 2. The van der Waals surface area contributed by atoms with Crippen LogP contribution in [-0.4, -0.2) is 37.1 Å². The van der Waals surface area contributed by atoms with Crippen molar-refractivity contribution in [3.8, 4) is 0 Å². The Morgan fingerprint density at radius 1 is 1.17 bits per heavy atom. The van der Waals surface area contributed by atoms with Gasteiger partial charge in [0.25, 0.3) is 0 Å². The van der Waals surface area contributed by atoms with Crippen molar-refractivity contribution in [2.45, 2.75) is 25.3 Å². The summed E-state index contributed by atoms with van der Waals surface area (Å²) < 4.78 is 14.1. The predicted molar refractivity (Wildman–Crippen MR) is 75.5 cm³/mol. The molecule has 2 heterocycles. The average Bonchev–Trinajstić information content (AvgIpc) is 2.41. The van der Waals surface area contributed by atoms with Gasteiger partial charge in [-0.1, -0.05) is 6.42 Å². The molecule has 0 amide bonds. The molecule has 1 unspecified atom stereocenters. The normalized spacial score (nSPS) is 25.0. The number of hydrogen-bond donors (Lipinski definition) is 0. The minimum Gasteiger partial charge on any atom is -0.369 e. The lowest BCUT2D eigenvalue weighted by Crippen LogP contribution is -2.54. The van der Waals surface area contributed by atoms with E-state index in [4.69, 9.17) is 0 Å². The highest BCUT2D eigenvalue weighted by Crippen LogP contribution is 2.27. The minimum absolute atomic E-state index is 0.168. The largest absolute Gasteiger partial charge is 0.369 e. The van der Waals surface area contributed by atoms with E-state index in [1.807, 2.05) is 6.07 Å². The second-order valence-electron chi connectivity index (χ2n) is 5.23. The molecule has 0 bridgehead atoms. The first-order valence-corrected chi connectivity index (χ1v) is 7.47. The van der Waals surface area contributed by atoms with Gasteiger partial charge in [-0.05, 0) is 53.5 Å². The van der Waals surface area contributed by atoms with Crippen LogP contribution in [0, 0.1) is 5.82 Å². The molecule has 0 spiro atoms. The molecule has 2 nitrogen and oxygen atoms in total. The number of rotatable bonds is 1. The zero-order chi connectivity index (χ0) is 12.5. The van der Waals surface area contributed by atoms with Crippen LogP contribution in [-0.2, 0) is 0 Å². The molecule has 0 saturated carbocycles. The summed E-state index contributed by atoms with van der Waals surface area (Å²) in [4.78, 5) is 4.91. The van der Waals surface area contributed by atoms with Crippen molar-refractivity contribution in [1.29, 1.82) is 0 Å². The van der Waals surface area contributed by atoms with E-state index in [2.05, 4.69) is 25.7 Å². The van der Waals surface area contributed by atoms with Gasteiger partial charge in [0, 0.05) is 31.4 Å². The molecule has 0 N–H and O–H groups in total. The summed E-state index contributed by atoms with van der Waals surface area (Å²) in [6.07, 6.45) is 3.96. The maximum absolute atomic E-state index is 13.6. The number of nitrogens with zero attached hydrogens (tertiary/aromatic N) is 2. The molecule has 0 aliphatic carbocycles. The zero-order valence-electron chi connectivity index (χ0n) is 10.4. The van der Waals surface area contributed by atoms with Crippen LogP contribution < -0.4 is 4.90 Å². The second-order valence-corrected chi connectivity index (χ2v) is 6.08. The lowest BCUT2D eigenvalue weighted by molar-refractivity contribution is 0.133. The highest BCUT2D eigenvalue weighted by Gasteiger charge is 2.29. The van der Waals surface area contributed by atoms with E-state index in [9.17, 15) is 4.39 Å². The highest BCUT2D eigenvalue weighted by molar-refractivity contribution is 9.10. The maximum atomic E-state index is 13.6. The molecular weight excluding hydrogens is 295 g/mol. The van der Waals surface area contributed by atoms with E-state index in [1.54, 1.807) is 12.1 Å². The smallest absolute Gasteiger partial charge is 0.139 e. The first kappa shape index (κ1) is 12.4. The number of fused-ring (bicyclic) bond motifs is 1. The first-order valence-electron chi connectivity index (χ1n) is 6.68. The number of benzene rings is 1. The van der Waals surface area contributed by atoms with E-state index in [0.717, 1.165) is 25.3 Å². The van der Waals surface area contributed by atoms with E-state index in [0.29, 0.717) is 10.5 Å². The third kappa shape index (κ3) is 2.41. The van der Waals surface area contributed by atoms with E-state index >= 15 is 0 Å². The SMILES string of the molecule is Fc1cc(N2CCN3CCCCC3C2)ccc1Br. The average molecular weight is 313 g/mol. The molecule has 18 heavy (non-hydrogen) atoms. The van der Waals surface area contributed by atoms with Crippen LogP contribution in [0.2, 0.25) is 0 Å². The van der Waals surface area contributed by atoms with Gasteiger partial charge in [-0.15, -0.1) is 0 Å². The second kappa shape index (κ2) is 5.17. The van der Waals surface area contributed by atoms with Gasteiger partial charge >= 0.3 is 0 Å². The Hall–Kier alpha value is -0.610. The number of anilines is 1. The highest BCUT2D eigenvalue weighted by atomic mass is 79.9. The Labute approximate surface area is 116 Å². The van der Waals surface area contributed by atoms with Crippen molar-refractivity contribution in [2.75, 3.05) is 31.1 Å². The third-order valence-corrected chi connectivity index (χ3v) is 4.75. The van der Waals surface area contributed by atoms with Crippen LogP contribution >= 0.6 is 15.9 Å². The molecule has 1 aromatic rings.